The predicted octanol–water partition coefficient (Wildman–Crippen LogP) is 1.27. The lowest BCUT2D eigenvalue weighted by Gasteiger charge is -2.36. The molecule has 0 aromatic carbocycles. The lowest BCUT2D eigenvalue weighted by molar-refractivity contribution is -0.134. The van der Waals surface area contributed by atoms with Crippen LogP contribution in [0, 0.1) is 5.92 Å². The third-order valence-electron chi connectivity index (χ3n) is 4.62. The molecule has 0 aromatic heterocycles. The highest BCUT2D eigenvalue weighted by atomic mass is 16.2. The molecule has 19 heavy (non-hydrogen) atoms. The van der Waals surface area contributed by atoms with Crippen molar-refractivity contribution >= 4 is 5.91 Å². The van der Waals surface area contributed by atoms with E-state index in [2.05, 4.69) is 28.7 Å². The van der Waals surface area contributed by atoms with Crippen molar-refractivity contribution in [3.63, 3.8) is 0 Å². The molecule has 0 atom stereocenters. The summed E-state index contributed by atoms with van der Waals surface area (Å²) >= 11 is 0. The Balaban J connectivity index is 1.69. The number of likely N-dealkylation sites (tertiary alicyclic amines) is 1. The van der Waals surface area contributed by atoms with Crippen molar-refractivity contribution in [1.82, 2.24) is 14.7 Å². The van der Waals surface area contributed by atoms with Crippen LogP contribution in [0.4, 0.5) is 0 Å². The second-order valence-corrected chi connectivity index (χ2v) is 6.19. The zero-order valence-corrected chi connectivity index (χ0v) is 12.6. The van der Waals surface area contributed by atoms with Gasteiger partial charge in [0.2, 0.25) is 5.91 Å². The van der Waals surface area contributed by atoms with Gasteiger partial charge in [-0.2, -0.15) is 0 Å². The summed E-state index contributed by atoms with van der Waals surface area (Å²) in [5.74, 6) is 1.21. The molecule has 0 aromatic rings. The first-order chi connectivity index (χ1) is 9.19. The maximum Gasteiger partial charge on any atom is 0.236 e. The minimum Gasteiger partial charge on any atom is -0.342 e. The number of hydrogen-bond acceptors (Lipinski definition) is 3. The summed E-state index contributed by atoms with van der Waals surface area (Å²) in [6.07, 6.45) is 5.03. The van der Waals surface area contributed by atoms with Crippen molar-refractivity contribution in [2.24, 2.45) is 5.92 Å². The molecule has 4 heteroatoms. The molecule has 0 spiro atoms. The summed E-state index contributed by atoms with van der Waals surface area (Å²) in [7, 11) is 2.15. The summed E-state index contributed by atoms with van der Waals surface area (Å²) in [4.78, 5) is 19.0. The Labute approximate surface area is 117 Å². The van der Waals surface area contributed by atoms with Crippen LogP contribution in [0.25, 0.3) is 0 Å². The van der Waals surface area contributed by atoms with Crippen molar-refractivity contribution < 1.29 is 4.79 Å². The van der Waals surface area contributed by atoms with Gasteiger partial charge < -0.3 is 9.80 Å². The summed E-state index contributed by atoms with van der Waals surface area (Å²) in [5.41, 5.74) is 0. The van der Waals surface area contributed by atoms with E-state index >= 15 is 0 Å². The Kier molecular flexibility index (Phi) is 5.64. The molecular formula is C15H29N3O. The van der Waals surface area contributed by atoms with E-state index in [4.69, 9.17) is 0 Å². The van der Waals surface area contributed by atoms with Gasteiger partial charge in [-0.05, 0) is 25.8 Å². The van der Waals surface area contributed by atoms with Crippen LogP contribution in [0.1, 0.15) is 32.6 Å². The van der Waals surface area contributed by atoms with Crippen LogP contribution in [-0.2, 0) is 4.79 Å². The van der Waals surface area contributed by atoms with Crippen LogP contribution in [0.3, 0.4) is 0 Å². The van der Waals surface area contributed by atoms with E-state index < -0.39 is 0 Å². The van der Waals surface area contributed by atoms with E-state index in [0.29, 0.717) is 12.5 Å². The highest BCUT2D eigenvalue weighted by molar-refractivity contribution is 5.78. The Morgan fingerprint density at radius 1 is 1.05 bits per heavy atom. The molecule has 2 heterocycles. The number of amides is 1. The number of likely N-dealkylation sites (N-methyl/N-ethyl adjacent to an activating group) is 1. The first-order valence-corrected chi connectivity index (χ1v) is 7.87. The van der Waals surface area contributed by atoms with Gasteiger partial charge in [0.15, 0.2) is 0 Å². The summed E-state index contributed by atoms with van der Waals surface area (Å²) in [6, 6.07) is 0. The first kappa shape index (κ1) is 14.8. The molecule has 0 radical (unpaired) electrons. The molecule has 2 fully saturated rings. The van der Waals surface area contributed by atoms with Crippen molar-refractivity contribution in [3.8, 4) is 0 Å². The molecule has 0 saturated carbocycles. The topological polar surface area (TPSA) is 26.8 Å². The standard InChI is InChI=1S/C15H29N3O/c1-3-4-14-5-7-18(8-6-14)15(19)13-17-11-9-16(2)10-12-17/h14H,3-13H2,1-2H3. The Morgan fingerprint density at radius 3 is 2.26 bits per heavy atom. The molecular weight excluding hydrogens is 238 g/mol. The number of carbonyl (C=O) groups is 1. The maximum absolute atomic E-state index is 12.3. The van der Waals surface area contributed by atoms with Gasteiger partial charge in [0, 0.05) is 39.3 Å². The number of hydrogen-bond donors (Lipinski definition) is 0. The first-order valence-electron chi connectivity index (χ1n) is 7.87. The SMILES string of the molecule is CCCC1CCN(C(=O)CN2CCN(C)CC2)CC1. The molecule has 0 bridgehead atoms. The van der Waals surface area contributed by atoms with E-state index in [0.717, 1.165) is 45.2 Å². The summed E-state index contributed by atoms with van der Waals surface area (Å²) in [5, 5.41) is 0. The van der Waals surface area contributed by atoms with E-state index in [1.165, 1.54) is 25.7 Å². The van der Waals surface area contributed by atoms with Gasteiger partial charge in [-0.25, -0.2) is 0 Å². The monoisotopic (exact) mass is 267 g/mol. The largest absolute Gasteiger partial charge is 0.342 e. The summed E-state index contributed by atoms with van der Waals surface area (Å²) < 4.78 is 0. The fourth-order valence-electron chi connectivity index (χ4n) is 3.18. The predicted molar refractivity (Wildman–Crippen MR) is 78.1 cm³/mol. The molecule has 0 N–H and O–H groups in total. The van der Waals surface area contributed by atoms with Crippen molar-refractivity contribution in [2.45, 2.75) is 32.6 Å². The lowest BCUT2D eigenvalue weighted by Crippen LogP contribution is -2.50. The van der Waals surface area contributed by atoms with Crippen LogP contribution in [-0.4, -0.2) is 73.5 Å². The Morgan fingerprint density at radius 2 is 1.68 bits per heavy atom. The fourth-order valence-corrected chi connectivity index (χ4v) is 3.18. The molecule has 2 aliphatic rings. The van der Waals surface area contributed by atoms with Crippen LogP contribution < -0.4 is 0 Å². The highest BCUT2D eigenvalue weighted by Crippen LogP contribution is 2.21. The molecule has 2 rings (SSSR count). The highest BCUT2D eigenvalue weighted by Gasteiger charge is 2.24. The van der Waals surface area contributed by atoms with Gasteiger partial charge in [0.1, 0.15) is 0 Å². The zero-order chi connectivity index (χ0) is 13.7. The quantitative estimate of drug-likeness (QED) is 0.767. The molecule has 110 valence electrons. The van der Waals surface area contributed by atoms with Crippen LogP contribution >= 0.6 is 0 Å². The average molecular weight is 267 g/mol. The normalized spacial score (nSPS) is 23.8. The average Bonchev–Trinajstić information content (AvgIpc) is 2.42. The van der Waals surface area contributed by atoms with E-state index in [1.807, 2.05) is 0 Å². The molecule has 2 saturated heterocycles. The molecule has 2 aliphatic heterocycles. The molecule has 4 nitrogen and oxygen atoms in total. The van der Waals surface area contributed by atoms with Crippen molar-refractivity contribution in [1.29, 1.82) is 0 Å². The fraction of sp³-hybridized carbons (Fsp3) is 0.933. The number of piperidine rings is 1. The zero-order valence-electron chi connectivity index (χ0n) is 12.6. The minimum absolute atomic E-state index is 0.347. The van der Waals surface area contributed by atoms with E-state index in [9.17, 15) is 4.79 Å². The number of rotatable bonds is 4. The number of piperazine rings is 1. The van der Waals surface area contributed by atoms with Gasteiger partial charge in [-0.3, -0.25) is 9.69 Å². The Bertz CT molecular complexity index is 279. The van der Waals surface area contributed by atoms with E-state index in [1.54, 1.807) is 0 Å². The third kappa shape index (κ3) is 4.46. The number of carbonyl (C=O) groups excluding carboxylic acids is 1. The Hall–Kier alpha value is -0.610. The molecule has 0 aliphatic carbocycles. The van der Waals surface area contributed by atoms with Crippen molar-refractivity contribution in [3.05, 3.63) is 0 Å². The van der Waals surface area contributed by atoms with Crippen LogP contribution in [0.5, 0.6) is 0 Å². The smallest absolute Gasteiger partial charge is 0.236 e. The van der Waals surface area contributed by atoms with Gasteiger partial charge in [-0.1, -0.05) is 19.8 Å². The van der Waals surface area contributed by atoms with Crippen LogP contribution in [0.15, 0.2) is 0 Å². The number of nitrogens with zero attached hydrogens (tertiary/aromatic N) is 3. The van der Waals surface area contributed by atoms with Crippen LogP contribution in [0.2, 0.25) is 0 Å². The third-order valence-corrected chi connectivity index (χ3v) is 4.62. The summed E-state index contributed by atoms with van der Waals surface area (Å²) in [6.45, 7) is 9.10. The second-order valence-electron chi connectivity index (χ2n) is 6.19. The van der Waals surface area contributed by atoms with Gasteiger partial charge in [-0.15, -0.1) is 0 Å². The van der Waals surface area contributed by atoms with Gasteiger partial charge in [0.05, 0.1) is 6.54 Å². The maximum atomic E-state index is 12.3. The second kappa shape index (κ2) is 7.25. The van der Waals surface area contributed by atoms with Gasteiger partial charge >= 0.3 is 0 Å². The molecule has 1 amide bonds. The van der Waals surface area contributed by atoms with Gasteiger partial charge in [0.25, 0.3) is 0 Å². The van der Waals surface area contributed by atoms with E-state index in [-0.39, 0.29) is 0 Å². The lowest BCUT2D eigenvalue weighted by atomic mass is 9.92. The molecule has 0 unspecified atom stereocenters. The minimum atomic E-state index is 0.347. The van der Waals surface area contributed by atoms with Crippen molar-refractivity contribution in [2.75, 3.05) is 52.9 Å².